The molecule has 38 heavy (non-hydrogen) atoms. The number of carbonyl (C=O) groups is 1. The number of hydrogen-bond donors (Lipinski definition) is 1. The fourth-order valence-corrected chi connectivity index (χ4v) is 4.56. The predicted molar refractivity (Wildman–Crippen MR) is 139 cm³/mol. The maximum Gasteiger partial charge on any atom is 0.399 e. The highest BCUT2D eigenvalue weighted by molar-refractivity contribution is 7.99. The third kappa shape index (κ3) is 7.89. The molecule has 0 amide bonds. The van der Waals surface area contributed by atoms with Crippen molar-refractivity contribution in [1.82, 2.24) is 10.4 Å². The molecule has 0 saturated carbocycles. The van der Waals surface area contributed by atoms with Gasteiger partial charge in [0, 0.05) is 46.6 Å². The van der Waals surface area contributed by atoms with Gasteiger partial charge in [-0.25, -0.2) is 9.82 Å². The lowest BCUT2D eigenvalue weighted by Crippen LogP contribution is -2.52. The van der Waals surface area contributed by atoms with Crippen molar-refractivity contribution in [1.29, 1.82) is 0 Å². The second-order valence-electron chi connectivity index (χ2n) is 8.18. The number of nitrogens with zero attached hydrogens (tertiary/aromatic N) is 1. The van der Waals surface area contributed by atoms with Crippen LogP contribution in [0.3, 0.4) is 0 Å². The van der Waals surface area contributed by atoms with Crippen LogP contribution in [0.2, 0.25) is 10.0 Å². The quantitative estimate of drug-likeness (QED) is 0.0876. The highest BCUT2D eigenvalue weighted by atomic mass is 35.5. The van der Waals surface area contributed by atoms with Crippen LogP contribution in [0.5, 0.6) is 0 Å². The SMILES string of the molecule is CCSCC(NN(C)C(F)(F)c1cc(/C(F)=C/C(c2cc(Cl)c(C)c(Cl)c2)C(F)(F)F)ccc1C=O)OC. The molecule has 0 radical (unpaired) electrons. The van der Waals surface area contributed by atoms with E-state index in [1.807, 2.05) is 6.92 Å². The molecular weight excluding hydrogens is 577 g/mol. The standard InChI is InChI=1S/C25H26Cl2F6N2O2S/c1-5-38-13-23(37-4)34-35(3)25(32,33)19-8-15(6-7-16(19)12-36)22(28)11-18(24(29,30)31)17-9-20(26)14(2)21(27)10-17/h6-12,18,23,34H,5,13H2,1-4H3/b22-11-. The molecule has 0 saturated heterocycles. The van der Waals surface area contributed by atoms with Gasteiger partial charge >= 0.3 is 12.2 Å². The van der Waals surface area contributed by atoms with E-state index in [1.54, 1.807) is 0 Å². The number of carbonyl (C=O) groups excluding carboxylic acids is 1. The number of thioether (sulfide) groups is 1. The highest BCUT2D eigenvalue weighted by Gasteiger charge is 2.42. The van der Waals surface area contributed by atoms with Gasteiger partial charge in [-0.2, -0.15) is 38.7 Å². The van der Waals surface area contributed by atoms with Gasteiger partial charge < -0.3 is 4.74 Å². The molecule has 0 spiro atoms. The van der Waals surface area contributed by atoms with Crippen molar-refractivity contribution in [2.75, 3.05) is 25.7 Å². The topological polar surface area (TPSA) is 41.6 Å². The zero-order chi connectivity index (χ0) is 28.8. The maximum absolute atomic E-state index is 15.4. The van der Waals surface area contributed by atoms with Crippen molar-refractivity contribution in [3.63, 3.8) is 0 Å². The lowest BCUT2D eigenvalue weighted by atomic mass is 9.94. The molecule has 4 nitrogen and oxygen atoms in total. The van der Waals surface area contributed by atoms with Gasteiger partial charge in [0.05, 0.1) is 0 Å². The number of rotatable bonds is 12. The Morgan fingerprint density at radius 2 is 1.76 bits per heavy atom. The summed E-state index contributed by atoms with van der Waals surface area (Å²) in [5.74, 6) is -2.86. The first-order valence-corrected chi connectivity index (χ1v) is 13.1. The first kappa shape index (κ1) is 32.5. The Hall–Kier alpha value is -1.76. The summed E-state index contributed by atoms with van der Waals surface area (Å²) in [4.78, 5) is 11.5. The number of hydrogen-bond acceptors (Lipinski definition) is 5. The van der Waals surface area contributed by atoms with Gasteiger partial charge in [-0.15, -0.1) is 0 Å². The predicted octanol–water partition coefficient (Wildman–Crippen LogP) is 7.98. The van der Waals surface area contributed by atoms with E-state index in [-0.39, 0.29) is 22.4 Å². The Morgan fingerprint density at radius 3 is 2.26 bits per heavy atom. The molecular formula is C25H26Cl2F6N2O2S. The van der Waals surface area contributed by atoms with Crippen LogP contribution < -0.4 is 5.43 Å². The average molecular weight is 603 g/mol. The molecule has 0 fully saturated rings. The summed E-state index contributed by atoms with van der Waals surface area (Å²) >= 11 is 13.4. The molecule has 2 rings (SSSR count). The molecule has 210 valence electrons. The number of allylic oxidation sites excluding steroid dienone is 1. The second-order valence-corrected chi connectivity index (χ2v) is 10.3. The lowest BCUT2D eigenvalue weighted by molar-refractivity contribution is -0.186. The molecule has 0 aliphatic heterocycles. The molecule has 2 unspecified atom stereocenters. The van der Waals surface area contributed by atoms with E-state index < -0.39 is 52.4 Å². The van der Waals surface area contributed by atoms with Crippen molar-refractivity contribution in [3.05, 3.63) is 74.3 Å². The van der Waals surface area contributed by atoms with Gasteiger partial charge in [0.15, 0.2) is 6.29 Å². The smallest absolute Gasteiger partial charge is 0.364 e. The molecule has 2 atom stereocenters. The zero-order valence-electron chi connectivity index (χ0n) is 20.8. The number of methoxy groups -OCH3 is 1. The van der Waals surface area contributed by atoms with Crippen LogP contribution in [0, 0.1) is 6.92 Å². The van der Waals surface area contributed by atoms with Gasteiger partial charge in [0.25, 0.3) is 0 Å². The van der Waals surface area contributed by atoms with Crippen molar-refractivity contribution >= 4 is 47.1 Å². The zero-order valence-corrected chi connectivity index (χ0v) is 23.1. The molecule has 13 heteroatoms. The fourth-order valence-electron chi connectivity index (χ4n) is 3.40. The van der Waals surface area contributed by atoms with Crippen molar-refractivity contribution in [2.45, 2.75) is 38.2 Å². The average Bonchev–Trinajstić information content (AvgIpc) is 2.86. The Bertz CT molecular complexity index is 1140. The fraction of sp³-hybridized carbons (Fsp3) is 0.400. The summed E-state index contributed by atoms with van der Waals surface area (Å²) in [6.45, 7) is 3.39. The Morgan fingerprint density at radius 1 is 1.16 bits per heavy atom. The summed E-state index contributed by atoms with van der Waals surface area (Å²) in [6, 6.07) is 0.657. The molecule has 1 N–H and O–H groups in total. The van der Waals surface area contributed by atoms with Crippen LogP contribution >= 0.6 is 35.0 Å². The van der Waals surface area contributed by atoms with Crippen LogP contribution in [-0.4, -0.2) is 49.4 Å². The molecule has 0 aliphatic rings. The molecule has 2 aromatic carbocycles. The van der Waals surface area contributed by atoms with Crippen LogP contribution in [0.1, 0.15) is 45.5 Å². The number of ether oxygens (including phenoxy) is 1. The summed E-state index contributed by atoms with van der Waals surface area (Å²) in [7, 11) is 2.32. The van der Waals surface area contributed by atoms with Crippen LogP contribution in [0.25, 0.3) is 5.83 Å². The Labute approximate surface area is 231 Å². The maximum atomic E-state index is 15.4. The van der Waals surface area contributed by atoms with Gasteiger partial charge in [0.1, 0.15) is 18.0 Å². The van der Waals surface area contributed by atoms with Gasteiger partial charge in [-0.3, -0.25) is 4.79 Å². The highest BCUT2D eigenvalue weighted by Crippen LogP contribution is 2.41. The summed E-state index contributed by atoms with van der Waals surface area (Å²) in [5.41, 5.74) is 0.428. The minimum Gasteiger partial charge on any atom is -0.364 e. The summed E-state index contributed by atoms with van der Waals surface area (Å²) < 4.78 is 92.8. The van der Waals surface area contributed by atoms with E-state index >= 15 is 13.2 Å². The number of alkyl halides is 5. The number of benzene rings is 2. The third-order valence-corrected chi connectivity index (χ3v) is 7.36. The van der Waals surface area contributed by atoms with E-state index in [9.17, 15) is 18.0 Å². The third-order valence-electron chi connectivity index (χ3n) is 5.62. The van der Waals surface area contributed by atoms with Gasteiger partial charge in [-0.05, 0) is 48.1 Å². The van der Waals surface area contributed by atoms with E-state index in [0.29, 0.717) is 28.1 Å². The van der Waals surface area contributed by atoms with Gasteiger partial charge in [0.2, 0.25) is 0 Å². The van der Waals surface area contributed by atoms with Crippen molar-refractivity contribution in [2.24, 2.45) is 0 Å². The largest absolute Gasteiger partial charge is 0.399 e. The molecule has 0 aliphatic carbocycles. The van der Waals surface area contributed by atoms with Crippen LogP contribution in [-0.2, 0) is 10.8 Å². The van der Waals surface area contributed by atoms with Gasteiger partial charge in [-0.1, -0.05) is 42.3 Å². The minimum absolute atomic E-state index is 0.0462. The Balaban J connectivity index is 2.52. The molecule has 2 aromatic rings. The van der Waals surface area contributed by atoms with Crippen molar-refractivity contribution in [3.8, 4) is 0 Å². The van der Waals surface area contributed by atoms with E-state index in [0.717, 1.165) is 31.3 Å². The normalized spacial score (nSPS) is 14.6. The van der Waals surface area contributed by atoms with Crippen LogP contribution in [0.15, 0.2) is 36.4 Å². The summed E-state index contributed by atoms with van der Waals surface area (Å²) in [5, 5.41) is 0.310. The van der Waals surface area contributed by atoms with Crippen molar-refractivity contribution < 1.29 is 35.9 Å². The molecule has 0 bridgehead atoms. The number of halogens is 8. The van der Waals surface area contributed by atoms with E-state index in [1.165, 1.54) is 25.8 Å². The number of aldehydes is 1. The first-order chi connectivity index (χ1) is 17.7. The molecule has 0 aromatic heterocycles. The first-order valence-electron chi connectivity index (χ1n) is 11.1. The van der Waals surface area contributed by atoms with Crippen LogP contribution in [0.4, 0.5) is 26.3 Å². The molecule has 0 heterocycles. The summed E-state index contributed by atoms with van der Waals surface area (Å²) in [6.07, 6.45) is -5.36. The van der Waals surface area contributed by atoms with E-state index in [4.69, 9.17) is 27.9 Å². The number of nitrogens with one attached hydrogen (secondary N) is 1. The second kappa shape index (κ2) is 13.5. The van der Waals surface area contributed by atoms with E-state index in [2.05, 4.69) is 5.43 Å². The minimum atomic E-state index is -4.95. The number of hydrazine groups is 1. The lowest BCUT2D eigenvalue weighted by Gasteiger charge is -2.32. The monoisotopic (exact) mass is 602 g/mol. The Kier molecular flexibility index (Phi) is 11.6.